The minimum Gasteiger partial charge on any atom is -0.370 e. The molecule has 0 radical (unpaired) electrons. The van der Waals surface area contributed by atoms with Gasteiger partial charge < -0.3 is 9.90 Å². The Morgan fingerprint density at radius 2 is 2.30 bits per heavy atom. The summed E-state index contributed by atoms with van der Waals surface area (Å²) < 4.78 is 0. The molecule has 2 unspecified atom stereocenters. The van der Waals surface area contributed by atoms with Crippen LogP contribution >= 0.6 is 11.6 Å². The van der Waals surface area contributed by atoms with Gasteiger partial charge in [0.05, 0.1) is 5.92 Å². The highest BCUT2D eigenvalue weighted by Gasteiger charge is 2.30. The van der Waals surface area contributed by atoms with Crippen molar-refractivity contribution in [1.29, 1.82) is 0 Å². The Labute approximate surface area is 63.8 Å². The van der Waals surface area contributed by atoms with E-state index in [0.29, 0.717) is 6.29 Å². The molecule has 1 aliphatic carbocycles. The van der Waals surface area contributed by atoms with Gasteiger partial charge in [-0.25, -0.2) is 0 Å². The summed E-state index contributed by atoms with van der Waals surface area (Å²) in [6.07, 6.45) is 6.84. The summed E-state index contributed by atoms with van der Waals surface area (Å²) >= 11 is 5.52. The quantitative estimate of drug-likeness (QED) is 0.454. The lowest BCUT2D eigenvalue weighted by molar-refractivity contribution is -0.112. The smallest absolute Gasteiger partial charge is 0.170 e. The molecule has 0 aliphatic heterocycles. The van der Waals surface area contributed by atoms with Crippen LogP contribution in [0.3, 0.4) is 0 Å². The van der Waals surface area contributed by atoms with E-state index in [-0.39, 0.29) is 0 Å². The third-order valence-corrected chi connectivity index (χ3v) is 1.75. The molecule has 0 amide bonds. The number of aldehydes is 1. The SMILES string of the molecule is O=CC1C=CC=CC1(O)Cl. The topological polar surface area (TPSA) is 37.3 Å². The van der Waals surface area contributed by atoms with E-state index in [4.69, 9.17) is 11.6 Å². The maximum absolute atomic E-state index is 10.2. The Morgan fingerprint density at radius 3 is 2.70 bits per heavy atom. The average molecular weight is 159 g/mol. The van der Waals surface area contributed by atoms with E-state index in [0.717, 1.165) is 0 Å². The second-order valence-corrected chi connectivity index (χ2v) is 2.74. The van der Waals surface area contributed by atoms with Crippen molar-refractivity contribution in [1.82, 2.24) is 0 Å². The van der Waals surface area contributed by atoms with Crippen molar-refractivity contribution in [2.45, 2.75) is 5.06 Å². The highest BCUT2D eigenvalue weighted by Crippen LogP contribution is 2.26. The van der Waals surface area contributed by atoms with E-state index in [1.807, 2.05) is 0 Å². The van der Waals surface area contributed by atoms with Crippen molar-refractivity contribution in [2.75, 3.05) is 0 Å². The van der Waals surface area contributed by atoms with Crippen LogP contribution in [0.2, 0.25) is 0 Å². The van der Waals surface area contributed by atoms with Crippen LogP contribution in [0.5, 0.6) is 0 Å². The van der Waals surface area contributed by atoms with Gasteiger partial charge in [-0.1, -0.05) is 29.8 Å². The van der Waals surface area contributed by atoms with Crippen molar-refractivity contribution in [3.05, 3.63) is 24.3 Å². The van der Waals surface area contributed by atoms with Crippen LogP contribution in [0, 0.1) is 5.92 Å². The molecular weight excluding hydrogens is 152 g/mol. The molecule has 2 atom stereocenters. The van der Waals surface area contributed by atoms with Crippen LogP contribution in [-0.2, 0) is 4.79 Å². The molecule has 0 aromatic rings. The number of alkyl halides is 1. The molecule has 54 valence electrons. The van der Waals surface area contributed by atoms with Gasteiger partial charge >= 0.3 is 0 Å². The van der Waals surface area contributed by atoms with Gasteiger partial charge in [0.1, 0.15) is 6.29 Å². The van der Waals surface area contributed by atoms with E-state index < -0.39 is 11.0 Å². The molecule has 1 aliphatic rings. The number of aliphatic hydroxyl groups is 1. The van der Waals surface area contributed by atoms with E-state index in [1.54, 1.807) is 18.2 Å². The molecule has 0 heterocycles. The zero-order valence-electron chi connectivity index (χ0n) is 5.20. The average Bonchev–Trinajstić information content (AvgIpc) is 1.87. The van der Waals surface area contributed by atoms with Crippen LogP contribution in [0.4, 0.5) is 0 Å². The Hall–Kier alpha value is -0.600. The summed E-state index contributed by atoms with van der Waals surface area (Å²) in [6, 6.07) is 0. The van der Waals surface area contributed by atoms with E-state index in [9.17, 15) is 9.90 Å². The van der Waals surface area contributed by atoms with Crippen LogP contribution in [0.25, 0.3) is 0 Å². The van der Waals surface area contributed by atoms with Crippen LogP contribution < -0.4 is 0 Å². The number of hydrogen-bond donors (Lipinski definition) is 1. The first kappa shape index (κ1) is 7.51. The Kier molecular flexibility index (Phi) is 1.92. The fourth-order valence-corrected chi connectivity index (χ4v) is 0.958. The first-order valence-corrected chi connectivity index (χ1v) is 3.27. The molecule has 0 aromatic heterocycles. The third-order valence-electron chi connectivity index (χ3n) is 1.37. The summed E-state index contributed by atoms with van der Waals surface area (Å²) in [5.74, 6) is -0.626. The first-order valence-electron chi connectivity index (χ1n) is 2.89. The van der Waals surface area contributed by atoms with E-state index >= 15 is 0 Å². The van der Waals surface area contributed by atoms with Crippen molar-refractivity contribution >= 4 is 17.9 Å². The van der Waals surface area contributed by atoms with Gasteiger partial charge in [-0.3, -0.25) is 0 Å². The maximum Gasteiger partial charge on any atom is 0.170 e. The zero-order chi connectivity index (χ0) is 7.61. The van der Waals surface area contributed by atoms with Gasteiger partial charge in [-0.05, 0) is 6.08 Å². The summed E-state index contributed by atoms with van der Waals surface area (Å²) in [7, 11) is 0. The second-order valence-electron chi connectivity index (χ2n) is 2.13. The number of halogens is 1. The van der Waals surface area contributed by atoms with E-state index in [2.05, 4.69) is 0 Å². The van der Waals surface area contributed by atoms with Crippen LogP contribution in [0.15, 0.2) is 24.3 Å². The maximum atomic E-state index is 10.2. The number of carbonyl (C=O) groups is 1. The lowest BCUT2D eigenvalue weighted by Gasteiger charge is -2.22. The zero-order valence-corrected chi connectivity index (χ0v) is 5.95. The summed E-state index contributed by atoms with van der Waals surface area (Å²) in [5.41, 5.74) is 0. The van der Waals surface area contributed by atoms with Crippen LogP contribution in [-0.4, -0.2) is 16.5 Å². The Bertz CT molecular complexity index is 194. The largest absolute Gasteiger partial charge is 0.370 e. The molecule has 3 heteroatoms. The lowest BCUT2D eigenvalue weighted by Crippen LogP contribution is -2.30. The predicted octanol–water partition coefficient (Wildman–Crippen LogP) is 0.855. The van der Waals surface area contributed by atoms with E-state index in [1.165, 1.54) is 6.08 Å². The van der Waals surface area contributed by atoms with Crippen molar-refractivity contribution in [3.63, 3.8) is 0 Å². The summed E-state index contributed by atoms with van der Waals surface area (Å²) in [6.45, 7) is 0. The van der Waals surface area contributed by atoms with Crippen molar-refractivity contribution in [2.24, 2.45) is 5.92 Å². The normalized spacial score (nSPS) is 38.0. The highest BCUT2D eigenvalue weighted by atomic mass is 35.5. The molecule has 1 rings (SSSR count). The Morgan fingerprint density at radius 1 is 1.60 bits per heavy atom. The molecule has 0 spiro atoms. The molecule has 10 heavy (non-hydrogen) atoms. The van der Waals surface area contributed by atoms with Crippen molar-refractivity contribution in [3.8, 4) is 0 Å². The fraction of sp³-hybridized carbons (Fsp3) is 0.286. The van der Waals surface area contributed by atoms with Gasteiger partial charge in [0.15, 0.2) is 5.06 Å². The summed E-state index contributed by atoms with van der Waals surface area (Å²) in [4.78, 5) is 10.2. The second kappa shape index (κ2) is 2.56. The van der Waals surface area contributed by atoms with Gasteiger partial charge in [-0.2, -0.15) is 0 Å². The molecule has 2 nitrogen and oxygen atoms in total. The standard InChI is InChI=1S/C7H7ClO2/c8-7(10)4-2-1-3-6(7)5-9/h1-6,10H. The molecule has 0 aromatic carbocycles. The third kappa shape index (κ3) is 1.28. The number of allylic oxidation sites excluding steroid dienone is 2. The van der Waals surface area contributed by atoms with Crippen LogP contribution in [0.1, 0.15) is 0 Å². The molecule has 1 N–H and O–H groups in total. The predicted molar refractivity (Wildman–Crippen MR) is 38.6 cm³/mol. The first-order chi connectivity index (χ1) is 4.67. The fourth-order valence-electron chi connectivity index (χ4n) is 0.761. The molecule has 0 saturated heterocycles. The minimum absolute atomic E-state index is 0.618. The lowest BCUT2D eigenvalue weighted by atomic mass is 9.99. The minimum atomic E-state index is -1.52. The molecule has 0 bridgehead atoms. The monoisotopic (exact) mass is 158 g/mol. The van der Waals surface area contributed by atoms with Crippen molar-refractivity contribution < 1.29 is 9.90 Å². The molecule has 0 saturated carbocycles. The number of carbonyl (C=O) groups excluding carboxylic acids is 1. The number of hydrogen-bond acceptors (Lipinski definition) is 2. The molecule has 0 fully saturated rings. The van der Waals surface area contributed by atoms with Gasteiger partial charge in [0.2, 0.25) is 0 Å². The highest BCUT2D eigenvalue weighted by molar-refractivity contribution is 6.25. The summed E-state index contributed by atoms with van der Waals surface area (Å²) in [5, 5.41) is 7.71. The van der Waals surface area contributed by atoms with Gasteiger partial charge in [0, 0.05) is 0 Å². The van der Waals surface area contributed by atoms with Gasteiger partial charge in [-0.15, -0.1) is 0 Å². The number of rotatable bonds is 1. The molecular formula is C7H7ClO2. The Balaban J connectivity index is 2.84. The van der Waals surface area contributed by atoms with Gasteiger partial charge in [0.25, 0.3) is 0 Å².